The molecular weight excluding hydrogens is 212 g/mol. The summed E-state index contributed by atoms with van der Waals surface area (Å²) in [5.74, 6) is 1.16. The van der Waals surface area contributed by atoms with Gasteiger partial charge in [0.05, 0.1) is 5.69 Å². The lowest BCUT2D eigenvalue weighted by molar-refractivity contribution is 0.266. The summed E-state index contributed by atoms with van der Waals surface area (Å²) >= 11 is 0. The van der Waals surface area contributed by atoms with Gasteiger partial charge in [-0.15, -0.1) is 0 Å². The molecule has 3 nitrogen and oxygen atoms in total. The minimum Gasteiger partial charge on any atom is -0.506 e. The minimum atomic E-state index is 0.327. The number of hydrogen-bond acceptors (Lipinski definition) is 3. The third kappa shape index (κ3) is 3.43. The Bertz CT molecular complexity index is 378. The molecule has 0 radical (unpaired) electrons. The van der Waals surface area contributed by atoms with Crippen molar-refractivity contribution in [1.29, 1.82) is 0 Å². The quantitative estimate of drug-likeness (QED) is 0.854. The van der Waals surface area contributed by atoms with E-state index >= 15 is 0 Å². The fourth-order valence-electron chi connectivity index (χ4n) is 2.41. The van der Waals surface area contributed by atoms with E-state index in [9.17, 15) is 5.11 Å². The van der Waals surface area contributed by atoms with E-state index in [0.29, 0.717) is 5.75 Å². The molecule has 0 aliphatic carbocycles. The number of pyridine rings is 1. The zero-order valence-electron chi connectivity index (χ0n) is 10.8. The van der Waals surface area contributed by atoms with Gasteiger partial charge in [0.25, 0.3) is 0 Å². The van der Waals surface area contributed by atoms with Crippen molar-refractivity contribution >= 4 is 0 Å². The van der Waals surface area contributed by atoms with Crippen LogP contribution in [0, 0.1) is 12.8 Å². The Morgan fingerprint density at radius 2 is 2.18 bits per heavy atom. The van der Waals surface area contributed by atoms with Crippen molar-refractivity contribution < 1.29 is 5.11 Å². The highest BCUT2D eigenvalue weighted by molar-refractivity contribution is 5.27. The van der Waals surface area contributed by atoms with Crippen LogP contribution in [0.1, 0.15) is 37.6 Å². The van der Waals surface area contributed by atoms with Gasteiger partial charge in [-0.2, -0.15) is 0 Å². The molecule has 1 fully saturated rings. The first-order valence-electron chi connectivity index (χ1n) is 6.53. The van der Waals surface area contributed by atoms with E-state index in [4.69, 9.17) is 0 Å². The van der Waals surface area contributed by atoms with Crippen molar-refractivity contribution in [1.82, 2.24) is 9.88 Å². The van der Waals surface area contributed by atoms with Crippen LogP contribution in [0.25, 0.3) is 0 Å². The maximum atomic E-state index is 9.80. The highest BCUT2D eigenvalue weighted by Gasteiger charge is 2.15. The van der Waals surface area contributed by atoms with Crippen LogP contribution in [0.2, 0.25) is 0 Å². The van der Waals surface area contributed by atoms with E-state index in [2.05, 4.69) is 16.8 Å². The molecule has 0 spiro atoms. The Hall–Kier alpha value is -1.09. The van der Waals surface area contributed by atoms with Crippen LogP contribution in [0.15, 0.2) is 12.1 Å². The average Bonchev–Trinajstić information content (AvgIpc) is 2.49. The van der Waals surface area contributed by atoms with Gasteiger partial charge in [0.15, 0.2) is 0 Å². The van der Waals surface area contributed by atoms with Crippen molar-refractivity contribution in [3.63, 3.8) is 0 Å². The normalized spacial score (nSPS) is 22.4. The van der Waals surface area contributed by atoms with Crippen molar-refractivity contribution in [2.75, 3.05) is 13.1 Å². The number of aromatic hydroxyl groups is 1. The molecule has 0 amide bonds. The molecule has 0 unspecified atom stereocenters. The second-order valence-electron chi connectivity index (χ2n) is 5.23. The third-order valence-electron chi connectivity index (χ3n) is 3.57. The molecule has 2 rings (SSSR count). The molecule has 1 aliphatic rings. The van der Waals surface area contributed by atoms with Crippen molar-refractivity contribution in [3.05, 3.63) is 23.5 Å². The average molecular weight is 234 g/mol. The van der Waals surface area contributed by atoms with Gasteiger partial charge in [-0.25, -0.2) is 0 Å². The molecule has 17 heavy (non-hydrogen) atoms. The Morgan fingerprint density at radius 1 is 1.35 bits per heavy atom. The second kappa shape index (κ2) is 5.50. The number of rotatable bonds is 2. The molecule has 1 N–H and O–H groups in total. The highest BCUT2D eigenvalue weighted by atomic mass is 16.3. The molecule has 1 aliphatic heterocycles. The molecule has 0 saturated carbocycles. The molecule has 0 aromatic carbocycles. The Kier molecular flexibility index (Phi) is 4.00. The first kappa shape index (κ1) is 12.4. The molecular formula is C14H22N2O. The van der Waals surface area contributed by atoms with Crippen LogP contribution >= 0.6 is 0 Å². The van der Waals surface area contributed by atoms with Crippen LogP contribution in [-0.2, 0) is 6.54 Å². The summed E-state index contributed by atoms with van der Waals surface area (Å²) in [4.78, 5) is 6.83. The number of aromatic nitrogens is 1. The molecule has 1 aromatic rings. The summed E-state index contributed by atoms with van der Waals surface area (Å²) in [5, 5.41) is 9.80. The van der Waals surface area contributed by atoms with Gasteiger partial charge >= 0.3 is 0 Å². The largest absolute Gasteiger partial charge is 0.506 e. The lowest BCUT2D eigenvalue weighted by Crippen LogP contribution is -2.24. The first-order chi connectivity index (χ1) is 8.15. The van der Waals surface area contributed by atoms with E-state index in [0.717, 1.165) is 36.9 Å². The SMILES string of the molecule is Cc1ccc(O)c(CN2CCC[C@H](C)CC2)n1. The Labute approximate surface area is 103 Å². The monoisotopic (exact) mass is 234 g/mol. The lowest BCUT2D eigenvalue weighted by atomic mass is 10.0. The van der Waals surface area contributed by atoms with Crippen LogP contribution < -0.4 is 0 Å². The van der Waals surface area contributed by atoms with Gasteiger partial charge in [-0.3, -0.25) is 9.88 Å². The molecule has 94 valence electrons. The van der Waals surface area contributed by atoms with E-state index in [1.54, 1.807) is 6.07 Å². The lowest BCUT2D eigenvalue weighted by Gasteiger charge is -2.20. The molecule has 1 atom stereocenters. The Balaban J connectivity index is 2.02. The molecule has 0 bridgehead atoms. The van der Waals surface area contributed by atoms with Crippen LogP contribution in [0.4, 0.5) is 0 Å². The van der Waals surface area contributed by atoms with Gasteiger partial charge in [-0.1, -0.05) is 6.92 Å². The van der Waals surface area contributed by atoms with Gasteiger partial charge in [0, 0.05) is 12.2 Å². The fourth-order valence-corrected chi connectivity index (χ4v) is 2.41. The maximum Gasteiger partial charge on any atom is 0.138 e. The fraction of sp³-hybridized carbons (Fsp3) is 0.643. The van der Waals surface area contributed by atoms with Gasteiger partial charge in [0.1, 0.15) is 5.75 Å². The number of likely N-dealkylation sites (tertiary alicyclic amines) is 1. The second-order valence-corrected chi connectivity index (χ2v) is 5.23. The number of nitrogens with zero attached hydrogens (tertiary/aromatic N) is 2. The highest BCUT2D eigenvalue weighted by Crippen LogP contribution is 2.21. The number of aryl methyl sites for hydroxylation is 1. The predicted molar refractivity (Wildman–Crippen MR) is 68.9 cm³/mol. The van der Waals surface area contributed by atoms with Gasteiger partial charge in [-0.05, 0) is 57.3 Å². The summed E-state index contributed by atoms with van der Waals surface area (Å²) < 4.78 is 0. The topological polar surface area (TPSA) is 36.4 Å². The first-order valence-corrected chi connectivity index (χ1v) is 6.53. The predicted octanol–water partition coefficient (Wildman–Crippen LogP) is 2.72. The van der Waals surface area contributed by atoms with Crippen LogP contribution in [0.5, 0.6) is 5.75 Å². The van der Waals surface area contributed by atoms with E-state index in [1.807, 2.05) is 13.0 Å². The van der Waals surface area contributed by atoms with Crippen molar-refractivity contribution in [2.24, 2.45) is 5.92 Å². The zero-order chi connectivity index (χ0) is 12.3. The van der Waals surface area contributed by atoms with Gasteiger partial charge < -0.3 is 5.11 Å². The summed E-state index contributed by atoms with van der Waals surface area (Å²) in [7, 11) is 0. The standard InChI is InChI=1S/C14H22N2O/c1-11-4-3-8-16(9-7-11)10-13-14(17)6-5-12(2)15-13/h5-6,11,17H,3-4,7-10H2,1-2H3/t11-/m0/s1. The van der Waals surface area contributed by atoms with Crippen LogP contribution in [-0.4, -0.2) is 28.1 Å². The van der Waals surface area contributed by atoms with Crippen molar-refractivity contribution in [3.8, 4) is 5.75 Å². The van der Waals surface area contributed by atoms with Crippen molar-refractivity contribution in [2.45, 2.75) is 39.7 Å². The Morgan fingerprint density at radius 3 is 3.00 bits per heavy atom. The molecule has 2 heterocycles. The van der Waals surface area contributed by atoms with E-state index < -0.39 is 0 Å². The summed E-state index contributed by atoms with van der Waals surface area (Å²) in [6.45, 7) is 7.31. The van der Waals surface area contributed by atoms with Gasteiger partial charge in [0.2, 0.25) is 0 Å². The number of hydrogen-bond donors (Lipinski definition) is 1. The maximum absolute atomic E-state index is 9.80. The summed E-state index contributed by atoms with van der Waals surface area (Å²) in [6, 6.07) is 3.60. The molecule has 3 heteroatoms. The van der Waals surface area contributed by atoms with E-state index in [-0.39, 0.29) is 0 Å². The third-order valence-corrected chi connectivity index (χ3v) is 3.57. The molecule has 1 aromatic heterocycles. The summed E-state index contributed by atoms with van der Waals surface area (Å²) in [5.41, 5.74) is 1.79. The van der Waals surface area contributed by atoms with Crippen LogP contribution in [0.3, 0.4) is 0 Å². The minimum absolute atomic E-state index is 0.327. The zero-order valence-corrected chi connectivity index (χ0v) is 10.8. The molecule has 1 saturated heterocycles. The smallest absolute Gasteiger partial charge is 0.138 e. The summed E-state index contributed by atoms with van der Waals surface area (Å²) in [6.07, 6.45) is 3.84. The van der Waals surface area contributed by atoms with E-state index in [1.165, 1.54) is 19.3 Å².